The van der Waals surface area contributed by atoms with Gasteiger partial charge in [0.05, 0.1) is 0 Å². The van der Waals surface area contributed by atoms with Crippen molar-refractivity contribution in [3.8, 4) is 45.3 Å². The van der Waals surface area contributed by atoms with Gasteiger partial charge in [-0.1, -0.05) is 121 Å². The standard InChI is InChI=1S/C39H25N3S2/c1-3-12-26(13-4-1)37-40-38(27-14-5-2-6-15-27)42-39(41-37)30-17-11-16-28(24-30)29-22-23-35-36(25-29)44-34-21-10-8-19-32(34)31-18-7-9-20-33(31)43-35/h1-25H. The first-order chi connectivity index (χ1) is 21.8. The zero-order valence-corrected chi connectivity index (χ0v) is 25.2. The maximum atomic E-state index is 4.94. The highest BCUT2D eigenvalue weighted by Crippen LogP contribution is 2.36. The second kappa shape index (κ2) is 11.5. The van der Waals surface area contributed by atoms with Crippen molar-refractivity contribution in [3.05, 3.63) is 152 Å². The fraction of sp³-hybridized carbons (Fsp3) is 0. The molecule has 0 unspecified atom stereocenters. The average molecular weight is 600 g/mol. The minimum absolute atomic E-state index is 0.654. The van der Waals surface area contributed by atoms with E-state index in [1.54, 1.807) is 0 Å². The first-order valence-corrected chi connectivity index (χ1v) is 16.1. The highest BCUT2D eigenvalue weighted by atomic mass is 32.1. The van der Waals surface area contributed by atoms with Crippen LogP contribution in [0.1, 0.15) is 0 Å². The molecule has 3 nitrogen and oxygen atoms in total. The van der Waals surface area contributed by atoms with Gasteiger partial charge < -0.3 is 0 Å². The minimum Gasteiger partial charge on any atom is -0.208 e. The van der Waals surface area contributed by atoms with Gasteiger partial charge in [0.15, 0.2) is 17.5 Å². The van der Waals surface area contributed by atoms with Gasteiger partial charge >= 0.3 is 0 Å². The molecule has 208 valence electrons. The molecule has 0 atom stereocenters. The Morgan fingerprint density at radius 1 is 0.295 bits per heavy atom. The lowest BCUT2D eigenvalue weighted by molar-refractivity contribution is 1.07. The summed E-state index contributed by atoms with van der Waals surface area (Å²) in [5, 5.41) is 2.56. The fourth-order valence-electron chi connectivity index (χ4n) is 5.42. The van der Waals surface area contributed by atoms with Crippen LogP contribution in [0.5, 0.6) is 0 Å². The van der Waals surface area contributed by atoms with E-state index in [4.69, 9.17) is 15.0 Å². The first-order valence-electron chi connectivity index (χ1n) is 14.4. The number of benzene rings is 6. The van der Waals surface area contributed by atoms with Gasteiger partial charge in [0.25, 0.3) is 0 Å². The zero-order chi connectivity index (χ0) is 29.3. The summed E-state index contributed by atoms with van der Waals surface area (Å²) in [7, 11) is 0. The third-order valence-corrected chi connectivity index (χ3v) is 10.0. The lowest BCUT2D eigenvalue weighted by Gasteiger charge is -2.10. The Labute approximate surface area is 263 Å². The van der Waals surface area contributed by atoms with Crippen molar-refractivity contribution >= 4 is 52.2 Å². The van der Waals surface area contributed by atoms with Crippen LogP contribution in [0.3, 0.4) is 0 Å². The predicted octanol–water partition coefficient (Wildman–Crippen LogP) is 11.2. The lowest BCUT2D eigenvalue weighted by Crippen LogP contribution is -2.00. The van der Waals surface area contributed by atoms with E-state index in [1.807, 2.05) is 83.3 Å². The normalized spacial score (nSPS) is 11.2. The van der Waals surface area contributed by atoms with Crippen LogP contribution in [-0.4, -0.2) is 15.0 Å². The molecule has 0 spiro atoms. The lowest BCUT2D eigenvalue weighted by atomic mass is 10.0. The molecule has 8 aromatic rings. The van der Waals surface area contributed by atoms with Gasteiger partial charge in [0, 0.05) is 46.3 Å². The summed E-state index contributed by atoms with van der Waals surface area (Å²) in [5.74, 6) is 1.97. The second-order valence-electron chi connectivity index (χ2n) is 10.5. The van der Waals surface area contributed by atoms with E-state index in [0.29, 0.717) is 17.5 Å². The van der Waals surface area contributed by atoms with Crippen LogP contribution in [-0.2, 0) is 0 Å². The summed E-state index contributed by atoms with van der Waals surface area (Å²) in [4.78, 5) is 14.7. The van der Waals surface area contributed by atoms with E-state index in [1.165, 1.54) is 29.6 Å². The van der Waals surface area contributed by atoms with Crippen molar-refractivity contribution in [3.63, 3.8) is 0 Å². The van der Waals surface area contributed by atoms with E-state index >= 15 is 0 Å². The Bertz CT molecular complexity index is 2280. The van der Waals surface area contributed by atoms with Crippen molar-refractivity contribution in [2.45, 2.75) is 0 Å². The van der Waals surface area contributed by atoms with Crippen LogP contribution < -0.4 is 0 Å². The smallest absolute Gasteiger partial charge is 0.164 e. The Morgan fingerprint density at radius 3 is 1.36 bits per heavy atom. The largest absolute Gasteiger partial charge is 0.208 e. The highest BCUT2D eigenvalue weighted by molar-refractivity contribution is 7.31. The molecule has 0 aliphatic heterocycles. The van der Waals surface area contributed by atoms with Gasteiger partial charge in [-0.25, -0.2) is 15.0 Å². The molecule has 0 saturated carbocycles. The van der Waals surface area contributed by atoms with Gasteiger partial charge in [-0.2, -0.15) is 0 Å². The predicted molar refractivity (Wildman–Crippen MR) is 187 cm³/mol. The Hall–Kier alpha value is -5.23. The second-order valence-corrected chi connectivity index (χ2v) is 12.6. The molecule has 0 bridgehead atoms. The average Bonchev–Trinajstić information content (AvgIpc) is 3.09. The van der Waals surface area contributed by atoms with E-state index in [9.17, 15) is 0 Å². The summed E-state index contributed by atoms with van der Waals surface area (Å²) in [6, 6.07) is 52.9. The summed E-state index contributed by atoms with van der Waals surface area (Å²) in [6.07, 6.45) is 0. The van der Waals surface area contributed by atoms with Gasteiger partial charge in [-0.3, -0.25) is 0 Å². The van der Waals surface area contributed by atoms with Crippen molar-refractivity contribution in [1.82, 2.24) is 15.0 Å². The maximum Gasteiger partial charge on any atom is 0.164 e. The molecule has 0 fully saturated rings. The molecule has 0 aliphatic rings. The molecular formula is C39H25N3S2. The molecular weight excluding hydrogens is 575 g/mol. The topological polar surface area (TPSA) is 38.7 Å². The first kappa shape index (κ1) is 26.4. The van der Waals surface area contributed by atoms with Crippen LogP contribution in [0.4, 0.5) is 0 Å². The van der Waals surface area contributed by atoms with Crippen molar-refractivity contribution in [2.24, 2.45) is 0 Å². The molecule has 8 rings (SSSR count). The van der Waals surface area contributed by atoms with Crippen LogP contribution in [0.25, 0.3) is 74.9 Å². The number of aromatic nitrogens is 3. The van der Waals surface area contributed by atoms with Gasteiger partial charge in [-0.15, -0.1) is 22.7 Å². The number of hydrogen-bond acceptors (Lipinski definition) is 5. The summed E-state index contributed by atoms with van der Waals surface area (Å²) < 4.78 is 5.04. The summed E-state index contributed by atoms with van der Waals surface area (Å²) in [5.41, 5.74) is 5.15. The Balaban J connectivity index is 1.28. The number of rotatable bonds is 4. The zero-order valence-electron chi connectivity index (χ0n) is 23.6. The van der Waals surface area contributed by atoms with Gasteiger partial charge in [0.1, 0.15) is 0 Å². The molecule has 0 amide bonds. The number of hydrogen-bond donors (Lipinski definition) is 0. The molecule has 0 radical (unpaired) electrons. The SMILES string of the molecule is c1ccc(-c2nc(-c3ccccc3)nc(-c3cccc(-c4ccc5sc6ccccc6c6ccccc6sc5c4)c3)n2)cc1. The van der Waals surface area contributed by atoms with E-state index in [0.717, 1.165) is 27.8 Å². The molecule has 0 N–H and O–H groups in total. The monoisotopic (exact) mass is 599 g/mol. The van der Waals surface area contributed by atoms with Crippen LogP contribution in [0, 0.1) is 0 Å². The van der Waals surface area contributed by atoms with Crippen LogP contribution in [0.2, 0.25) is 0 Å². The van der Waals surface area contributed by atoms with Crippen molar-refractivity contribution < 1.29 is 0 Å². The third kappa shape index (κ3) is 5.13. The van der Waals surface area contributed by atoms with E-state index < -0.39 is 0 Å². The molecule has 0 aliphatic carbocycles. The Morgan fingerprint density at radius 2 is 0.750 bits per heavy atom. The fourth-order valence-corrected chi connectivity index (χ4v) is 7.66. The molecule has 44 heavy (non-hydrogen) atoms. The van der Waals surface area contributed by atoms with E-state index in [-0.39, 0.29) is 0 Å². The Kier molecular flexibility index (Phi) is 6.87. The maximum absolute atomic E-state index is 4.94. The molecule has 5 heteroatoms. The number of nitrogens with zero attached hydrogens (tertiary/aromatic N) is 3. The number of fused-ring (bicyclic) bond motifs is 4. The third-order valence-electron chi connectivity index (χ3n) is 7.60. The molecule has 0 saturated heterocycles. The van der Waals surface area contributed by atoms with E-state index in [2.05, 4.69) is 91.0 Å². The highest BCUT2D eigenvalue weighted by Gasteiger charge is 2.13. The minimum atomic E-state index is 0.654. The van der Waals surface area contributed by atoms with Gasteiger partial charge in [-0.05, 0) is 41.5 Å². The summed E-state index contributed by atoms with van der Waals surface area (Å²) in [6.45, 7) is 0. The van der Waals surface area contributed by atoms with Crippen molar-refractivity contribution in [1.29, 1.82) is 0 Å². The molecule has 2 aromatic heterocycles. The van der Waals surface area contributed by atoms with Crippen LogP contribution in [0.15, 0.2) is 152 Å². The quantitative estimate of drug-likeness (QED) is 0.202. The summed E-state index contributed by atoms with van der Waals surface area (Å²) >= 11 is 3.67. The van der Waals surface area contributed by atoms with Crippen molar-refractivity contribution in [2.75, 3.05) is 0 Å². The van der Waals surface area contributed by atoms with Gasteiger partial charge in [0.2, 0.25) is 0 Å². The van der Waals surface area contributed by atoms with Crippen LogP contribution >= 0.6 is 22.7 Å². The molecule has 6 aromatic carbocycles. The molecule has 2 heterocycles.